The number of primary amides is 1. The van der Waals surface area contributed by atoms with Crippen LogP contribution < -0.4 is 15.8 Å². The number of nitrogens with zero attached hydrogens (tertiary/aromatic N) is 1. The molecule has 2 rings (SSSR count). The first-order chi connectivity index (χ1) is 9.58. The summed E-state index contributed by atoms with van der Waals surface area (Å²) >= 11 is 0. The molecule has 6 heteroatoms. The van der Waals surface area contributed by atoms with Crippen molar-refractivity contribution >= 4 is 11.8 Å². The summed E-state index contributed by atoms with van der Waals surface area (Å²) in [7, 11) is 0. The van der Waals surface area contributed by atoms with Gasteiger partial charge >= 0.3 is 0 Å². The molecule has 0 spiro atoms. The fourth-order valence-corrected chi connectivity index (χ4v) is 1.81. The zero-order valence-corrected chi connectivity index (χ0v) is 11.5. The maximum atomic E-state index is 11.6. The zero-order chi connectivity index (χ0) is 14.5. The number of carbonyl (C=O) groups excluding carboxylic acids is 2. The van der Waals surface area contributed by atoms with Gasteiger partial charge in [-0.3, -0.25) is 9.59 Å². The molecule has 1 heterocycles. The van der Waals surface area contributed by atoms with E-state index in [1.165, 1.54) is 0 Å². The lowest BCUT2D eigenvalue weighted by atomic mass is 10.1. The standard InChI is InChI=1S/C14H19N3O3/c1-9-11(8-17-13(19)10-2-3-10)4-6-16-14(9)20-7-5-12(15)18/h4,6,10H,2-3,5,7-8H2,1H3,(H2,15,18)(H,17,19). The monoisotopic (exact) mass is 277 g/mol. The van der Waals surface area contributed by atoms with E-state index in [0.717, 1.165) is 24.0 Å². The van der Waals surface area contributed by atoms with Gasteiger partial charge in [0.1, 0.15) is 0 Å². The second kappa shape index (κ2) is 6.36. The molecule has 3 N–H and O–H groups in total. The molecule has 0 bridgehead atoms. The summed E-state index contributed by atoms with van der Waals surface area (Å²) in [6, 6.07) is 1.85. The summed E-state index contributed by atoms with van der Waals surface area (Å²) in [6.07, 6.45) is 3.76. The average Bonchev–Trinajstić information content (AvgIpc) is 3.23. The minimum atomic E-state index is -0.407. The smallest absolute Gasteiger partial charge is 0.223 e. The Morgan fingerprint density at radius 1 is 1.50 bits per heavy atom. The van der Waals surface area contributed by atoms with Gasteiger partial charge in [-0.2, -0.15) is 0 Å². The van der Waals surface area contributed by atoms with E-state index in [1.54, 1.807) is 6.20 Å². The normalized spacial score (nSPS) is 13.8. The second-order valence-electron chi connectivity index (χ2n) is 4.96. The largest absolute Gasteiger partial charge is 0.477 e. The van der Waals surface area contributed by atoms with Gasteiger partial charge in [-0.25, -0.2) is 4.98 Å². The van der Waals surface area contributed by atoms with Crippen molar-refractivity contribution in [3.8, 4) is 5.88 Å². The molecule has 0 radical (unpaired) electrons. The minimum Gasteiger partial charge on any atom is -0.477 e. The van der Waals surface area contributed by atoms with Gasteiger partial charge in [-0.15, -0.1) is 0 Å². The van der Waals surface area contributed by atoms with E-state index in [1.807, 2.05) is 13.0 Å². The highest BCUT2D eigenvalue weighted by molar-refractivity contribution is 5.80. The van der Waals surface area contributed by atoms with Crippen molar-refractivity contribution in [3.63, 3.8) is 0 Å². The highest BCUT2D eigenvalue weighted by Gasteiger charge is 2.29. The van der Waals surface area contributed by atoms with Crippen LogP contribution in [0.5, 0.6) is 5.88 Å². The molecule has 0 aliphatic heterocycles. The molecular formula is C14H19N3O3. The first-order valence-corrected chi connectivity index (χ1v) is 6.71. The average molecular weight is 277 g/mol. The van der Waals surface area contributed by atoms with Gasteiger partial charge in [0.25, 0.3) is 0 Å². The molecule has 2 amide bonds. The first kappa shape index (κ1) is 14.3. The topological polar surface area (TPSA) is 94.3 Å². The van der Waals surface area contributed by atoms with Gasteiger partial charge in [-0.05, 0) is 31.4 Å². The van der Waals surface area contributed by atoms with Crippen molar-refractivity contribution in [1.82, 2.24) is 10.3 Å². The predicted octanol–water partition coefficient (Wildman–Crippen LogP) is 0.670. The van der Waals surface area contributed by atoms with Crippen molar-refractivity contribution in [3.05, 3.63) is 23.4 Å². The Morgan fingerprint density at radius 3 is 2.90 bits per heavy atom. The molecule has 1 fully saturated rings. The Kier molecular flexibility index (Phi) is 4.55. The highest BCUT2D eigenvalue weighted by atomic mass is 16.5. The van der Waals surface area contributed by atoms with E-state index in [0.29, 0.717) is 12.4 Å². The molecule has 20 heavy (non-hydrogen) atoms. The first-order valence-electron chi connectivity index (χ1n) is 6.71. The van der Waals surface area contributed by atoms with Crippen LogP contribution in [0.2, 0.25) is 0 Å². The van der Waals surface area contributed by atoms with Crippen LogP contribution in [0.15, 0.2) is 12.3 Å². The molecule has 0 unspecified atom stereocenters. The van der Waals surface area contributed by atoms with Crippen LogP contribution in [0.3, 0.4) is 0 Å². The third kappa shape index (κ3) is 3.94. The summed E-state index contributed by atoms with van der Waals surface area (Å²) in [5.74, 6) is 0.376. The number of amides is 2. The van der Waals surface area contributed by atoms with Crippen LogP contribution >= 0.6 is 0 Å². The molecule has 0 atom stereocenters. The molecule has 1 aliphatic rings. The Labute approximate surface area is 117 Å². The molecule has 1 aliphatic carbocycles. The van der Waals surface area contributed by atoms with Gasteiger partial charge in [0, 0.05) is 24.2 Å². The van der Waals surface area contributed by atoms with Gasteiger partial charge in [-0.1, -0.05) is 0 Å². The fourth-order valence-electron chi connectivity index (χ4n) is 1.81. The van der Waals surface area contributed by atoms with Gasteiger partial charge in [0.2, 0.25) is 17.7 Å². The number of nitrogens with two attached hydrogens (primary N) is 1. The van der Waals surface area contributed by atoms with E-state index in [2.05, 4.69) is 10.3 Å². The molecule has 1 saturated carbocycles. The lowest BCUT2D eigenvalue weighted by Crippen LogP contribution is -2.24. The number of nitrogens with one attached hydrogen (secondary N) is 1. The summed E-state index contributed by atoms with van der Waals surface area (Å²) in [6.45, 7) is 2.56. The van der Waals surface area contributed by atoms with Crippen LogP contribution in [0.4, 0.5) is 0 Å². The highest BCUT2D eigenvalue weighted by Crippen LogP contribution is 2.29. The van der Waals surface area contributed by atoms with Crippen molar-refractivity contribution in [2.45, 2.75) is 32.7 Å². The Bertz CT molecular complexity index is 512. The van der Waals surface area contributed by atoms with Crippen LogP contribution in [-0.4, -0.2) is 23.4 Å². The summed E-state index contributed by atoms with van der Waals surface area (Å²) in [5.41, 5.74) is 6.88. The van der Waals surface area contributed by atoms with E-state index in [-0.39, 0.29) is 24.9 Å². The number of hydrogen-bond acceptors (Lipinski definition) is 4. The van der Waals surface area contributed by atoms with Crippen molar-refractivity contribution < 1.29 is 14.3 Å². The van der Waals surface area contributed by atoms with E-state index < -0.39 is 5.91 Å². The molecule has 6 nitrogen and oxygen atoms in total. The van der Waals surface area contributed by atoms with Crippen LogP contribution in [-0.2, 0) is 16.1 Å². The number of hydrogen-bond donors (Lipinski definition) is 2. The maximum Gasteiger partial charge on any atom is 0.223 e. The van der Waals surface area contributed by atoms with Crippen molar-refractivity contribution in [2.75, 3.05) is 6.61 Å². The Hall–Kier alpha value is -2.11. The fraction of sp³-hybridized carbons (Fsp3) is 0.500. The maximum absolute atomic E-state index is 11.6. The number of aromatic nitrogens is 1. The molecule has 1 aromatic heterocycles. The van der Waals surface area contributed by atoms with Crippen molar-refractivity contribution in [1.29, 1.82) is 0 Å². The number of rotatable bonds is 7. The van der Waals surface area contributed by atoms with Crippen molar-refractivity contribution in [2.24, 2.45) is 11.7 Å². The molecule has 108 valence electrons. The quantitative estimate of drug-likeness (QED) is 0.766. The summed E-state index contributed by atoms with van der Waals surface area (Å²) in [5, 5.41) is 2.91. The number of ether oxygens (including phenoxy) is 1. The minimum absolute atomic E-state index is 0.109. The van der Waals surface area contributed by atoms with Crippen LogP contribution in [0.25, 0.3) is 0 Å². The van der Waals surface area contributed by atoms with Gasteiger partial charge < -0.3 is 15.8 Å². The van der Waals surface area contributed by atoms with Crippen LogP contribution in [0, 0.1) is 12.8 Å². The SMILES string of the molecule is Cc1c(CNC(=O)C2CC2)ccnc1OCCC(N)=O. The van der Waals surface area contributed by atoms with E-state index in [4.69, 9.17) is 10.5 Å². The number of carbonyl (C=O) groups is 2. The lowest BCUT2D eigenvalue weighted by Gasteiger charge is -2.11. The van der Waals surface area contributed by atoms with E-state index >= 15 is 0 Å². The second-order valence-corrected chi connectivity index (χ2v) is 4.96. The molecule has 0 aromatic carbocycles. The predicted molar refractivity (Wildman–Crippen MR) is 72.9 cm³/mol. The lowest BCUT2D eigenvalue weighted by molar-refractivity contribution is -0.122. The molecular weight excluding hydrogens is 258 g/mol. The molecule has 0 saturated heterocycles. The van der Waals surface area contributed by atoms with Gasteiger partial charge in [0.05, 0.1) is 13.0 Å². The Morgan fingerprint density at radius 2 is 2.25 bits per heavy atom. The van der Waals surface area contributed by atoms with Crippen LogP contribution in [0.1, 0.15) is 30.4 Å². The molecule has 1 aromatic rings. The number of pyridine rings is 1. The van der Waals surface area contributed by atoms with Gasteiger partial charge in [0.15, 0.2) is 0 Å². The third-order valence-electron chi connectivity index (χ3n) is 3.26. The third-order valence-corrected chi connectivity index (χ3v) is 3.26. The summed E-state index contributed by atoms with van der Waals surface area (Å²) < 4.78 is 5.43. The Balaban J connectivity index is 1.91. The van der Waals surface area contributed by atoms with E-state index in [9.17, 15) is 9.59 Å². The zero-order valence-electron chi connectivity index (χ0n) is 11.5. The summed E-state index contributed by atoms with van der Waals surface area (Å²) in [4.78, 5) is 26.4.